The number of hydrogen-bond acceptors (Lipinski definition) is 6. The van der Waals surface area contributed by atoms with Crippen molar-refractivity contribution in [3.05, 3.63) is 24.2 Å². The standard InChI is InChI=1S/C21H30N4O2S/c1-15-11-16(2)13-24(12-15)20-22-23-21(25(20)14-17-7-6-10-27-17)28-19-9-5-3-4-8-18(19)26/h6-7,10,15-16,19H,3-5,8-9,11-14H2,1-2H3. The van der Waals surface area contributed by atoms with Crippen molar-refractivity contribution in [1.29, 1.82) is 0 Å². The van der Waals surface area contributed by atoms with Gasteiger partial charge in [-0.15, -0.1) is 10.2 Å². The van der Waals surface area contributed by atoms with Crippen molar-refractivity contribution in [1.82, 2.24) is 14.8 Å². The number of anilines is 1. The van der Waals surface area contributed by atoms with E-state index in [-0.39, 0.29) is 5.25 Å². The molecule has 1 aliphatic carbocycles. The number of ketones is 1. The van der Waals surface area contributed by atoms with Gasteiger partial charge in [0.15, 0.2) is 5.16 Å². The third-order valence-corrected chi connectivity index (χ3v) is 7.04. The first kappa shape index (κ1) is 19.6. The average molecular weight is 403 g/mol. The molecule has 2 aromatic rings. The van der Waals surface area contributed by atoms with Gasteiger partial charge < -0.3 is 9.32 Å². The molecule has 0 bridgehead atoms. The summed E-state index contributed by atoms with van der Waals surface area (Å²) < 4.78 is 7.75. The van der Waals surface area contributed by atoms with Crippen molar-refractivity contribution in [3.63, 3.8) is 0 Å². The van der Waals surface area contributed by atoms with Crippen LogP contribution in [0.1, 0.15) is 58.1 Å². The molecular formula is C21H30N4O2S. The van der Waals surface area contributed by atoms with Gasteiger partial charge in [-0.25, -0.2) is 0 Å². The van der Waals surface area contributed by atoms with Gasteiger partial charge >= 0.3 is 0 Å². The van der Waals surface area contributed by atoms with Gasteiger partial charge in [0.2, 0.25) is 5.95 Å². The Kier molecular flexibility index (Phi) is 6.09. The van der Waals surface area contributed by atoms with Crippen LogP contribution in [-0.2, 0) is 11.3 Å². The number of thioether (sulfide) groups is 1. The summed E-state index contributed by atoms with van der Waals surface area (Å²) in [5, 5.41) is 9.92. The Balaban J connectivity index is 1.62. The van der Waals surface area contributed by atoms with Gasteiger partial charge in [-0.2, -0.15) is 0 Å². The second-order valence-corrected chi connectivity index (χ2v) is 9.64. The van der Waals surface area contributed by atoms with Gasteiger partial charge in [0.05, 0.1) is 18.1 Å². The van der Waals surface area contributed by atoms with E-state index in [1.807, 2.05) is 12.1 Å². The SMILES string of the molecule is CC1CC(C)CN(c2nnc(SC3CCCCCC3=O)n2Cc2ccco2)C1. The van der Waals surface area contributed by atoms with Gasteiger partial charge in [-0.05, 0) is 43.2 Å². The molecule has 1 saturated carbocycles. The molecule has 4 rings (SSSR count). The molecule has 7 heteroatoms. The Labute approximate surface area is 171 Å². The smallest absolute Gasteiger partial charge is 0.228 e. The molecule has 0 radical (unpaired) electrons. The lowest BCUT2D eigenvalue weighted by Gasteiger charge is -2.35. The van der Waals surface area contributed by atoms with Crippen molar-refractivity contribution < 1.29 is 9.21 Å². The maximum atomic E-state index is 12.5. The van der Waals surface area contributed by atoms with Crippen LogP contribution in [0.5, 0.6) is 0 Å². The van der Waals surface area contributed by atoms with Crippen molar-refractivity contribution in [2.45, 2.75) is 69.3 Å². The molecule has 2 aromatic heterocycles. The summed E-state index contributed by atoms with van der Waals surface area (Å²) in [7, 11) is 0. The quantitative estimate of drug-likeness (QED) is 0.691. The third-order valence-electron chi connectivity index (χ3n) is 5.74. The number of rotatable bonds is 5. The molecule has 1 aliphatic heterocycles. The minimum Gasteiger partial charge on any atom is -0.467 e. The number of carbonyl (C=O) groups excluding carboxylic acids is 1. The summed E-state index contributed by atoms with van der Waals surface area (Å²) in [6.07, 6.45) is 7.86. The second-order valence-electron chi connectivity index (χ2n) is 8.47. The highest BCUT2D eigenvalue weighted by atomic mass is 32.2. The Morgan fingerprint density at radius 3 is 2.75 bits per heavy atom. The van der Waals surface area contributed by atoms with E-state index in [9.17, 15) is 4.79 Å². The lowest BCUT2D eigenvalue weighted by molar-refractivity contribution is -0.118. The molecule has 0 spiro atoms. The van der Waals surface area contributed by atoms with Crippen LogP contribution >= 0.6 is 11.8 Å². The van der Waals surface area contributed by atoms with Crippen LogP contribution in [0.25, 0.3) is 0 Å². The summed E-state index contributed by atoms with van der Waals surface area (Å²) in [5.41, 5.74) is 0. The summed E-state index contributed by atoms with van der Waals surface area (Å²) in [6, 6.07) is 3.89. The lowest BCUT2D eigenvalue weighted by Crippen LogP contribution is -2.40. The zero-order chi connectivity index (χ0) is 19.5. The number of aromatic nitrogens is 3. The molecule has 3 atom stereocenters. The maximum Gasteiger partial charge on any atom is 0.228 e. The number of carbonyl (C=O) groups is 1. The van der Waals surface area contributed by atoms with Crippen LogP contribution in [0, 0.1) is 11.8 Å². The van der Waals surface area contributed by atoms with Crippen LogP contribution in [0.15, 0.2) is 28.0 Å². The molecule has 0 aromatic carbocycles. The van der Waals surface area contributed by atoms with Crippen molar-refractivity contribution in [3.8, 4) is 0 Å². The highest BCUT2D eigenvalue weighted by molar-refractivity contribution is 8.00. The predicted molar refractivity (Wildman–Crippen MR) is 111 cm³/mol. The number of furan rings is 1. The average Bonchev–Trinajstić information content (AvgIpc) is 3.25. The molecule has 2 fully saturated rings. The first-order valence-corrected chi connectivity index (χ1v) is 11.4. The second kappa shape index (κ2) is 8.72. The Morgan fingerprint density at radius 1 is 1.18 bits per heavy atom. The topological polar surface area (TPSA) is 64.2 Å². The fourth-order valence-electron chi connectivity index (χ4n) is 4.50. The van der Waals surface area contributed by atoms with Crippen LogP contribution in [0.3, 0.4) is 0 Å². The van der Waals surface area contributed by atoms with E-state index >= 15 is 0 Å². The van der Waals surface area contributed by atoms with E-state index in [0.717, 1.165) is 55.6 Å². The minimum atomic E-state index is -0.00546. The van der Waals surface area contributed by atoms with Gasteiger partial charge in [0, 0.05) is 19.5 Å². The Bertz CT molecular complexity index is 778. The van der Waals surface area contributed by atoms with Crippen molar-refractivity contribution >= 4 is 23.5 Å². The van der Waals surface area contributed by atoms with E-state index < -0.39 is 0 Å². The molecule has 28 heavy (non-hydrogen) atoms. The zero-order valence-electron chi connectivity index (χ0n) is 16.8. The predicted octanol–water partition coefficient (Wildman–Crippen LogP) is 4.40. The largest absolute Gasteiger partial charge is 0.467 e. The summed E-state index contributed by atoms with van der Waals surface area (Å²) >= 11 is 1.59. The van der Waals surface area contributed by atoms with E-state index in [1.165, 1.54) is 6.42 Å². The highest BCUT2D eigenvalue weighted by Crippen LogP contribution is 2.33. The van der Waals surface area contributed by atoms with E-state index in [2.05, 4.69) is 33.5 Å². The van der Waals surface area contributed by atoms with E-state index in [1.54, 1.807) is 18.0 Å². The van der Waals surface area contributed by atoms with Gasteiger partial charge in [-0.1, -0.05) is 38.5 Å². The van der Waals surface area contributed by atoms with Gasteiger partial charge in [0.25, 0.3) is 0 Å². The number of Topliss-reactive ketones (excluding diaryl/α,β-unsaturated/α-hetero) is 1. The summed E-state index contributed by atoms with van der Waals surface area (Å²) in [6.45, 7) is 7.19. The zero-order valence-corrected chi connectivity index (χ0v) is 17.7. The monoisotopic (exact) mass is 402 g/mol. The normalized spacial score (nSPS) is 26.4. The van der Waals surface area contributed by atoms with Crippen LogP contribution in [0.2, 0.25) is 0 Å². The van der Waals surface area contributed by atoms with Crippen molar-refractivity contribution in [2.24, 2.45) is 11.8 Å². The van der Waals surface area contributed by atoms with Gasteiger partial charge in [-0.3, -0.25) is 9.36 Å². The van der Waals surface area contributed by atoms with E-state index in [0.29, 0.717) is 30.6 Å². The molecule has 3 heterocycles. The summed E-state index contributed by atoms with van der Waals surface area (Å²) in [5.74, 6) is 3.41. The number of nitrogens with zero attached hydrogens (tertiary/aromatic N) is 4. The fourth-order valence-corrected chi connectivity index (χ4v) is 5.65. The minimum absolute atomic E-state index is 0.00546. The third kappa shape index (κ3) is 4.45. The van der Waals surface area contributed by atoms with Crippen LogP contribution in [-0.4, -0.2) is 38.9 Å². The van der Waals surface area contributed by atoms with E-state index in [4.69, 9.17) is 4.42 Å². The molecule has 152 valence electrons. The first-order chi connectivity index (χ1) is 13.6. The molecule has 0 amide bonds. The van der Waals surface area contributed by atoms with Gasteiger partial charge in [0.1, 0.15) is 11.5 Å². The number of piperidine rings is 1. The lowest BCUT2D eigenvalue weighted by atomic mass is 9.92. The Hall–Kier alpha value is -1.76. The number of hydrogen-bond donors (Lipinski definition) is 0. The first-order valence-electron chi connectivity index (χ1n) is 10.5. The van der Waals surface area contributed by atoms with Crippen LogP contribution < -0.4 is 4.90 Å². The molecule has 0 N–H and O–H groups in total. The molecule has 3 unspecified atom stereocenters. The Morgan fingerprint density at radius 2 is 2.00 bits per heavy atom. The molecule has 6 nitrogen and oxygen atoms in total. The summed E-state index contributed by atoms with van der Waals surface area (Å²) in [4.78, 5) is 14.9. The van der Waals surface area contributed by atoms with Crippen LogP contribution in [0.4, 0.5) is 5.95 Å². The molecule has 1 saturated heterocycles. The highest BCUT2D eigenvalue weighted by Gasteiger charge is 2.29. The molecule has 2 aliphatic rings. The molecular weight excluding hydrogens is 372 g/mol. The fraction of sp³-hybridized carbons (Fsp3) is 0.667. The van der Waals surface area contributed by atoms with Crippen molar-refractivity contribution in [2.75, 3.05) is 18.0 Å². The maximum absolute atomic E-state index is 12.5.